The first-order valence-corrected chi connectivity index (χ1v) is 6.37. The van der Waals surface area contributed by atoms with E-state index in [0.29, 0.717) is 16.8 Å². The summed E-state index contributed by atoms with van der Waals surface area (Å²) in [4.78, 5) is 16.9. The Balaban J connectivity index is 2.15. The van der Waals surface area contributed by atoms with Gasteiger partial charge < -0.3 is 0 Å². The number of hydrogen-bond donors (Lipinski definition) is 0. The van der Waals surface area contributed by atoms with Crippen molar-refractivity contribution >= 4 is 34.5 Å². The SMILES string of the molecule is Clc1nc(-c2sccc2Cl)nc(-n2cncn2)n1. The van der Waals surface area contributed by atoms with Crippen molar-refractivity contribution in [2.75, 3.05) is 0 Å². The molecule has 0 atom stereocenters. The molecule has 0 spiro atoms. The minimum atomic E-state index is 0.0787. The number of aromatic nitrogens is 6. The molecule has 0 amide bonds. The van der Waals surface area contributed by atoms with Crippen LogP contribution in [0.5, 0.6) is 0 Å². The number of thiophene rings is 1. The lowest BCUT2D eigenvalue weighted by molar-refractivity contribution is 0.797. The second-order valence-corrected chi connectivity index (χ2v) is 4.83. The molecule has 0 aliphatic rings. The molecule has 9 heteroatoms. The van der Waals surface area contributed by atoms with Crippen molar-refractivity contribution < 1.29 is 0 Å². The summed E-state index contributed by atoms with van der Waals surface area (Å²) in [5.41, 5.74) is 0. The molecule has 0 radical (unpaired) electrons. The van der Waals surface area contributed by atoms with Crippen molar-refractivity contribution in [3.8, 4) is 16.6 Å². The lowest BCUT2D eigenvalue weighted by Crippen LogP contribution is -2.04. The van der Waals surface area contributed by atoms with Crippen molar-refractivity contribution in [3.63, 3.8) is 0 Å². The third-order valence-corrected chi connectivity index (χ3v) is 3.55. The summed E-state index contributed by atoms with van der Waals surface area (Å²) in [5.74, 6) is 0.715. The molecule has 0 aromatic carbocycles. The molecule has 0 saturated heterocycles. The first-order valence-electron chi connectivity index (χ1n) is 4.74. The minimum Gasteiger partial charge on any atom is -0.223 e. The standard InChI is InChI=1S/C9H4Cl2N6S/c10-5-1-2-18-6(5)7-14-8(11)16-9(15-7)17-4-12-3-13-17/h1-4H. The molecule has 18 heavy (non-hydrogen) atoms. The first kappa shape index (κ1) is 11.5. The van der Waals surface area contributed by atoms with E-state index in [1.165, 1.54) is 28.7 Å². The highest BCUT2D eigenvalue weighted by molar-refractivity contribution is 7.14. The summed E-state index contributed by atoms with van der Waals surface area (Å²) in [7, 11) is 0. The molecule has 0 N–H and O–H groups in total. The zero-order valence-electron chi connectivity index (χ0n) is 8.66. The van der Waals surface area contributed by atoms with Crippen molar-refractivity contribution in [1.29, 1.82) is 0 Å². The lowest BCUT2D eigenvalue weighted by atomic mass is 10.4. The van der Waals surface area contributed by atoms with Crippen LogP contribution in [-0.4, -0.2) is 29.7 Å². The number of hydrogen-bond acceptors (Lipinski definition) is 6. The second kappa shape index (κ2) is 4.60. The van der Waals surface area contributed by atoms with Crippen LogP contribution in [0, 0.1) is 0 Å². The highest BCUT2D eigenvalue weighted by Crippen LogP contribution is 2.31. The van der Waals surface area contributed by atoms with Crippen LogP contribution >= 0.6 is 34.5 Å². The van der Waals surface area contributed by atoms with Gasteiger partial charge in [-0.3, -0.25) is 0 Å². The van der Waals surface area contributed by atoms with Crippen LogP contribution in [-0.2, 0) is 0 Å². The molecule has 0 saturated carbocycles. The number of halogens is 2. The molecule has 0 fully saturated rings. The van der Waals surface area contributed by atoms with Crippen LogP contribution in [0.3, 0.4) is 0 Å². The van der Waals surface area contributed by atoms with Gasteiger partial charge in [-0.1, -0.05) is 11.6 Å². The Morgan fingerprint density at radius 3 is 2.72 bits per heavy atom. The third-order valence-electron chi connectivity index (χ3n) is 2.04. The highest BCUT2D eigenvalue weighted by atomic mass is 35.5. The van der Waals surface area contributed by atoms with Gasteiger partial charge in [0.05, 0.1) is 9.90 Å². The maximum Gasteiger partial charge on any atom is 0.256 e. The Morgan fingerprint density at radius 2 is 2.06 bits per heavy atom. The van der Waals surface area contributed by atoms with Gasteiger partial charge in [-0.05, 0) is 23.0 Å². The molecule has 0 bridgehead atoms. The van der Waals surface area contributed by atoms with E-state index in [9.17, 15) is 0 Å². The van der Waals surface area contributed by atoms with E-state index in [2.05, 4.69) is 25.0 Å². The van der Waals surface area contributed by atoms with E-state index in [1.54, 1.807) is 6.07 Å². The van der Waals surface area contributed by atoms with Gasteiger partial charge in [0, 0.05) is 0 Å². The minimum absolute atomic E-state index is 0.0787. The van der Waals surface area contributed by atoms with Crippen molar-refractivity contribution in [1.82, 2.24) is 29.7 Å². The smallest absolute Gasteiger partial charge is 0.223 e. The fourth-order valence-corrected chi connectivity index (χ4v) is 2.54. The van der Waals surface area contributed by atoms with Crippen LogP contribution in [0.4, 0.5) is 0 Å². The molecule has 3 aromatic rings. The highest BCUT2D eigenvalue weighted by Gasteiger charge is 2.13. The topological polar surface area (TPSA) is 69.4 Å². The van der Waals surface area contributed by atoms with Crippen molar-refractivity contribution in [3.05, 3.63) is 34.4 Å². The normalized spacial score (nSPS) is 10.8. The Kier molecular flexibility index (Phi) is 2.94. The van der Waals surface area contributed by atoms with Crippen molar-refractivity contribution in [2.24, 2.45) is 0 Å². The fraction of sp³-hybridized carbons (Fsp3) is 0. The molecule has 6 nitrogen and oxygen atoms in total. The summed E-state index contributed by atoms with van der Waals surface area (Å²) in [5, 5.41) is 6.44. The predicted octanol–water partition coefficient (Wildman–Crippen LogP) is 2.49. The largest absolute Gasteiger partial charge is 0.256 e. The van der Waals surface area contributed by atoms with Crippen LogP contribution in [0.2, 0.25) is 10.3 Å². The molecule has 0 aliphatic carbocycles. The predicted molar refractivity (Wildman–Crippen MR) is 68.1 cm³/mol. The summed E-state index contributed by atoms with van der Waals surface area (Å²) in [6.45, 7) is 0. The molecule has 0 unspecified atom stereocenters. The Labute approximate surface area is 115 Å². The van der Waals surface area contributed by atoms with E-state index < -0.39 is 0 Å². The van der Waals surface area contributed by atoms with Crippen LogP contribution < -0.4 is 0 Å². The molecular formula is C9H4Cl2N6S. The fourth-order valence-electron chi connectivity index (χ4n) is 1.31. The van der Waals surface area contributed by atoms with E-state index in [0.717, 1.165) is 4.88 Å². The zero-order valence-corrected chi connectivity index (χ0v) is 11.0. The van der Waals surface area contributed by atoms with E-state index in [4.69, 9.17) is 23.2 Å². The Morgan fingerprint density at radius 1 is 1.17 bits per heavy atom. The van der Waals surface area contributed by atoms with Crippen LogP contribution in [0.25, 0.3) is 16.6 Å². The van der Waals surface area contributed by atoms with Gasteiger partial charge in [0.2, 0.25) is 5.28 Å². The second-order valence-electron chi connectivity index (χ2n) is 3.17. The van der Waals surface area contributed by atoms with Crippen LogP contribution in [0.1, 0.15) is 0 Å². The lowest BCUT2D eigenvalue weighted by Gasteiger charge is -2.02. The molecule has 0 aliphatic heterocycles. The summed E-state index contributed by atoms with van der Waals surface area (Å²) < 4.78 is 1.40. The molecule has 3 heterocycles. The van der Waals surface area contributed by atoms with Gasteiger partial charge in [-0.15, -0.1) is 11.3 Å². The molecule has 3 aromatic heterocycles. The zero-order chi connectivity index (χ0) is 12.5. The van der Waals surface area contributed by atoms with Gasteiger partial charge in [-0.25, -0.2) is 4.98 Å². The van der Waals surface area contributed by atoms with E-state index in [-0.39, 0.29) is 5.28 Å². The Hall–Kier alpha value is -1.57. The third kappa shape index (κ3) is 2.07. The monoisotopic (exact) mass is 298 g/mol. The summed E-state index contributed by atoms with van der Waals surface area (Å²) >= 11 is 13.3. The van der Waals surface area contributed by atoms with Gasteiger partial charge in [-0.2, -0.15) is 24.7 Å². The average Bonchev–Trinajstić information content (AvgIpc) is 2.98. The number of rotatable bonds is 2. The summed E-state index contributed by atoms with van der Waals surface area (Å²) in [6.07, 6.45) is 2.86. The maximum absolute atomic E-state index is 6.04. The van der Waals surface area contributed by atoms with Gasteiger partial charge >= 0.3 is 0 Å². The van der Waals surface area contributed by atoms with Gasteiger partial charge in [0.1, 0.15) is 12.7 Å². The van der Waals surface area contributed by atoms with Gasteiger partial charge in [0.15, 0.2) is 5.82 Å². The molecule has 3 rings (SSSR count). The summed E-state index contributed by atoms with van der Waals surface area (Å²) in [6, 6.07) is 1.77. The van der Waals surface area contributed by atoms with Crippen molar-refractivity contribution in [2.45, 2.75) is 0 Å². The van der Waals surface area contributed by atoms with E-state index >= 15 is 0 Å². The molecule has 90 valence electrons. The van der Waals surface area contributed by atoms with Crippen LogP contribution in [0.15, 0.2) is 24.1 Å². The van der Waals surface area contributed by atoms with E-state index in [1.807, 2.05) is 5.38 Å². The maximum atomic E-state index is 6.04. The quantitative estimate of drug-likeness (QED) is 0.727. The van der Waals surface area contributed by atoms with Gasteiger partial charge in [0.25, 0.3) is 5.95 Å². The Bertz CT molecular complexity index is 680. The molecular weight excluding hydrogens is 295 g/mol. The first-order chi connectivity index (χ1) is 8.74. The average molecular weight is 299 g/mol. The number of nitrogens with zero attached hydrogens (tertiary/aromatic N) is 6.